The van der Waals surface area contributed by atoms with Crippen molar-refractivity contribution in [1.29, 1.82) is 0 Å². The highest BCUT2D eigenvalue weighted by atomic mass is 16.5. The first-order chi connectivity index (χ1) is 8.13. The quantitative estimate of drug-likeness (QED) is 0.486. The Kier molecular flexibility index (Phi) is 4.82. The number of methoxy groups -OCH3 is 2. The van der Waals surface area contributed by atoms with Crippen LogP contribution in [0, 0.1) is 5.92 Å². The fraction of sp³-hybridized carbons (Fsp3) is 0.462. The van der Waals surface area contributed by atoms with Crippen LogP contribution in [0.2, 0.25) is 0 Å². The van der Waals surface area contributed by atoms with E-state index in [1.54, 1.807) is 14.2 Å². The number of benzene rings is 1. The first-order valence-corrected chi connectivity index (χ1v) is 5.53. The summed E-state index contributed by atoms with van der Waals surface area (Å²) in [6, 6.07) is 5.72. The minimum absolute atomic E-state index is 0.0554. The van der Waals surface area contributed by atoms with Crippen molar-refractivity contribution in [3.05, 3.63) is 23.8 Å². The maximum absolute atomic E-state index is 8.69. The van der Waals surface area contributed by atoms with Crippen LogP contribution in [0.4, 0.5) is 0 Å². The second kappa shape index (κ2) is 6.13. The number of oxime groups is 1. The van der Waals surface area contributed by atoms with E-state index in [9.17, 15) is 0 Å². The predicted octanol–water partition coefficient (Wildman–Crippen LogP) is 2.90. The summed E-state index contributed by atoms with van der Waals surface area (Å²) in [6.45, 7) is 4.14. The number of nitrogens with zero attached hydrogens (tertiary/aromatic N) is 1. The number of hydrogen-bond donors (Lipinski definition) is 1. The van der Waals surface area contributed by atoms with Crippen molar-refractivity contribution < 1.29 is 14.7 Å². The Morgan fingerprint density at radius 3 is 2.29 bits per heavy atom. The van der Waals surface area contributed by atoms with Crippen molar-refractivity contribution in [3.8, 4) is 11.5 Å². The molecule has 0 fully saturated rings. The van der Waals surface area contributed by atoms with Gasteiger partial charge in [0.25, 0.3) is 0 Å². The summed E-state index contributed by atoms with van der Waals surface area (Å²) in [5.74, 6) is 1.77. The Morgan fingerprint density at radius 1 is 1.18 bits per heavy atom. The third-order valence-electron chi connectivity index (χ3n) is 2.74. The molecule has 0 heterocycles. The van der Waals surface area contributed by atoms with E-state index in [4.69, 9.17) is 14.7 Å². The van der Waals surface area contributed by atoms with Gasteiger partial charge < -0.3 is 14.7 Å². The lowest BCUT2D eigenvalue weighted by Gasteiger charge is -2.17. The molecule has 1 unspecified atom stereocenters. The highest BCUT2D eigenvalue weighted by Gasteiger charge is 2.16. The Labute approximate surface area is 102 Å². The van der Waals surface area contributed by atoms with E-state index in [1.165, 1.54) is 6.21 Å². The van der Waals surface area contributed by atoms with Crippen molar-refractivity contribution in [2.24, 2.45) is 11.1 Å². The van der Waals surface area contributed by atoms with Crippen molar-refractivity contribution in [3.63, 3.8) is 0 Å². The summed E-state index contributed by atoms with van der Waals surface area (Å²) in [5.41, 5.74) is 1.04. The van der Waals surface area contributed by atoms with E-state index in [1.807, 2.05) is 18.2 Å². The predicted molar refractivity (Wildman–Crippen MR) is 67.4 cm³/mol. The number of hydrogen-bond acceptors (Lipinski definition) is 4. The second-order valence-electron chi connectivity index (χ2n) is 4.15. The van der Waals surface area contributed by atoms with Crippen molar-refractivity contribution in [2.45, 2.75) is 19.8 Å². The molecule has 0 saturated carbocycles. The van der Waals surface area contributed by atoms with E-state index in [-0.39, 0.29) is 5.92 Å². The molecule has 0 aliphatic rings. The molecule has 1 atom stereocenters. The van der Waals surface area contributed by atoms with E-state index < -0.39 is 0 Å². The lowest BCUT2D eigenvalue weighted by molar-refractivity contribution is 0.318. The summed E-state index contributed by atoms with van der Waals surface area (Å²) < 4.78 is 10.4. The standard InChI is InChI=1S/C13H19NO3/c1-9(2)11(8-14-15)10-5-6-12(16-3)13(7-10)17-4/h5-9,11,15H,1-4H3/b14-8+. The largest absolute Gasteiger partial charge is 0.493 e. The molecule has 4 nitrogen and oxygen atoms in total. The van der Waals surface area contributed by atoms with Crippen LogP contribution in [0.1, 0.15) is 25.3 Å². The van der Waals surface area contributed by atoms with E-state index in [2.05, 4.69) is 19.0 Å². The molecule has 1 aromatic rings. The van der Waals surface area contributed by atoms with Crippen molar-refractivity contribution >= 4 is 6.21 Å². The Balaban J connectivity index is 3.12. The fourth-order valence-corrected chi connectivity index (χ4v) is 1.78. The van der Waals surface area contributed by atoms with Gasteiger partial charge in [-0.3, -0.25) is 0 Å². The van der Waals surface area contributed by atoms with Gasteiger partial charge in [-0.25, -0.2) is 0 Å². The van der Waals surface area contributed by atoms with E-state index in [0.29, 0.717) is 17.4 Å². The first-order valence-electron chi connectivity index (χ1n) is 5.53. The number of ether oxygens (including phenoxy) is 2. The highest BCUT2D eigenvalue weighted by molar-refractivity contribution is 5.68. The average Bonchev–Trinajstić information content (AvgIpc) is 2.34. The van der Waals surface area contributed by atoms with Gasteiger partial charge in [0.05, 0.1) is 20.4 Å². The average molecular weight is 237 g/mol. The highest BCUT2D eigenvalue weighted by Crippen LogP contribution is 2.32. The molecule has 94 valence electrons. The van der Waals surface area contributed by atoms with Gasteiger partial charge in [-0.15, -0.1) is 5.16 Å². The normalized spacial score (nSPS) is 13.0. The summed E-state index contributed by atoms with van der Waals surface area (Å²) in [7, 11) is 3.21. The molecule has 1 aromatic carbocycles. The van der Waals surface area contributed by atoms with E-state index in [0.717, 1.165) is 5.56 Å². The van der Waals surface area contributed by atoms with Crippen molar-refractivity contribution in [1.82, 2.24) is 0 Å². The van der Waals surface area contributed by atoms with Crippen LogP contribution >= 0.6 is 0 Å². The molecule has 0 spiro atoms. The lowest BCUT2D eigenvalue weighted by Crippen LogP contribution is -2.08. The Bertz CT molecular complexity index is 388. The molecule has 0 aromatic heterocycles. The smallest absolute Gasteiger partial charge is 0.161 e. The molecule has 0 saturated heterocycles. The zero-order valence-electron chi connectivity index (χ0n) is 10.7. The van der Waals surface area contributed by atoms with E-state index >= 15 is 0 Å². The molecule has 17 heavy (non-hydrogen) atoms. The molecule has 0 amide bonds. The molecule has 0 aliphatic carbocycles. The molecule has 4 heteroatoms. The van der Waals surface area contributed by atoms with Crippen LogP contribution in [-0.4, -0.2) is 25.6 Å². The summed E-state index contributed by atoms with van der Waals surface area (Å²) in [6.07, 6.45) is 1.53. The molecular weight excluding hydrogens is 218 g/mol. The summed E-state index contributed by atoms with van der Waals surface area (Å²) >= 11 is 0. The maximum Gasteiger partial charge on any atom is 0.161 e. The zero-order chi connectivity index (χ0) is 12.8. The minimum atomic E-state index is 0.0554. The Morgan fingerprint density at radius 2 is 1.82 bits per heavy atom. The summed E-state index contributed by atoms with van der Waals surface area (Å²) in [4.78, 5) is 0. The van der Waals surface area contributed by atoms with Crippen LogP contribution in [0.15, 0.2) is 23.4 Å². The van der Waals surface area contributed by atoms with Crippen LogP contribution in [0.5, 0.6) is 11.5 Å². The van der Waals surface area contributed by atoms with Gasteiger partial charge in [0, 0.05) is 5.92 Å². The summed E-state index contributed by atoms with van der Waals surface area (Å²) in [5, 5.41) is 11.8. The first kappa shape index (κ1) is 13.4. The molecule has 0 aliphatic heterocycles. The number of rotatable bonds is 5. The van der Waals surface area contributed by atoms with Gasteiger partial charge in [-0.1, -0.05) is 19.9 Å². The molecule has 1 rings (SSSR count). The van der Waals surface area contributed by atoms with Crippen LogP contribution in [0.25, 0.3) is 0 Å². The maximum atomic E-state index is 8.69. The topological polar surface area (TPSA) is 51.0 Å². The molecule has 1 N–H and O–H groups in total. The second-order valence-corrected chi connectivity index (χ2v) is 4.15. The monoisotopic (exact) mass is 237 g/mol. The minimum Gasteiger partial charge on any atom is -0.493 e. The SMILES string of the molecule is COc1ccc(C(/C=N/O)C(C)C)cc1OC. The van der Waals surface area contributed by atoms with Gasteiger partial charge in [0.15, 0.2) is 11.5 Å². The Hall–Kier alpha value is -1.71. The van der Waals surface area contributed by atoms with Gasteiger partial charge in [0.1, 0.15) is 0 Å². The van der Waals surface area contributed by atoms with Crippen LogP contribution in [0.3, 0.4) is 0 Å². The molecular formula is C13H19NO3. The third kappa shape index (κ3) is 3.12. The van der Waals surface area contributed by atoms with Gasteiger partial charge in [-0.2, -0.15) is 0 Å². The lowest BCUT2D eigenvalue weighted by atomic mass is 9.89. The molecule has 0 bridgehead atoms. The molecule has 0 radical (unpaired) electrons. The van der Waals surface area contributed by atoms with Crippen LogP contribution < -0.4 is 9.47 Å². The van der Waals surface area contributed by atoms with Gasteiger partial charge in [0.2, 0.25) is 0 Å². The van der Waals surface area contributed by atoms with Gasteiger partial charge in [-0.05, 0) is 23.6 Å². The van der Waals surface area contributed by atoms with Crippen molar-refractivity contribution in [2.75, 3.05) is 14.2 Å². The fourth-order valence-electron chi connectivity index (χ4n) is 1.78. The third-order valence-corrected chi connectivity index (χ3v) is 2.74. The van der Waals surface area contributed by atoms with Crippen LogP contribution in [-0.2, 0) is 0 Å². The zero-order valence-corrected chi connectivity index (χ0v) is 10.7. The van der Waals surface area contributed by atoms with Gasteiger partial charge >= 0.3 is 0 Å².